The van der Waals surface area contributed by atoms with Gasteiger partial charge in [-0.1, -0.05) is 6.07 Å². The molecule has 0 saturated heterocycles. The summed E-state index contributed by atoms with van der Waals surface area (Å²) in [5, 5.41) is 46.2. The Morgan fingerprint density at radius 1 is 1.09 bits per heavy atom. The van der Waals surface area contributed by atoms with Gasteiger partial charge in [-0.2, -0.15) is 0 Å². The predicted molar refractivity (Wildman–Crippen MR) is 116 cm³/mol. The Morgan fingerprint density at radius 2 is 1.78 bits per heavy atom. The van der Waals surface area contributed by atoms with Crippen molar-refractivity contribution in [3.8, 4) is 17.2 Å². The minimum absolute atomic E-state index is 0.0900. The molecule has 1 heterocycles. The molecule has 11 N–H and O–H groups in total. The highest BCUT2D eigenvalue weighted by Gasteiger charge is 2.32. The van der Waals surface area contributed by atoms with Crippen LogP contribution >= 0.6 is 0 Å². The Bertz CT molecular complexity index is 1110. The van der Waals surface area contributed by atoms with E-state index < -0.39 is 23.5 Å². The molecule has 1 aromatic heterocycles. The molecule has 3 aromatic rings. The lowest BCUT2D eigenvalue weighted by Crippen LogP contribution is -2.54. The van der Waals surface area contributed by atoms with Gasteiger partial charge in [0.2, 0.25) is 0 Å². The van der Waals surface area contributed by atoms with E-state index in [0.29, 0.717) is 5.56 Å². The molecule has 0 aliphatic rings. The van der Waals surface area contributed by atoms with Crippen LogP contribution in [0.3, 0.4) is 0 Å². The third-order valence-corrected chi connectivity index (χ3v) is 4.90. The van der Waals surface area contributed by atoms with E-state index in [1.165, 1.54) is 25.1 Å². The van der Waals surface area contributed by atoms with Gasteiger partial charge >= 0.3 is 11.9 Å². The van der Waals surface area contributed by atoms with Gasteiger partial charge in [0.25, 0.3) is 0 Å². The second-order valence-corrected chi connectivity index (χ2v) is 7.47. The number of carboxylic acid groups (broad SMARTS) is 2. The maximum atomic E-state index is 11.0. The fourth-order valence-corrected chi connectivity index (χ4v) is 2.94. The van der Waals surface area contributed by atoms with Crippen molar-refractivity contribution in [1.29, 1.82) is 0 Å². The second kappa shape index (κ2) is 10.0. The Kier molecular flexibility index (Phi) is 7.65. The van der Waals surface area contributed by atoms with E-state index in [-0.39, 0.29) is 30.1 Å². The zero-order valence-electron chi connectivity index (χ0n) is 17.2. The number of nitrogens with two attached hydrogens (primary N) is 2. The van der Waals surface area contributed by atoms with Crippen LogP contribution in [0, 0.1) is 0 Å². The number of aliphatic carboxylic acids is 2. The van der Waals surface area contributed by atoms with E-state index in [1.807, 2.05) is 0 Å². The molecule has 0 bridgehead atoms. The number of aromatic amines is 1. The number of H-pyrrole nitrogens is 1. The number of carboxylic acids is 2. The molecule has 0 aliphatic carbocycles. The summed E-state index contributed by atoms with van der Waals surface area (Å²) < 4.78 is 0. The zero-order chi connectivity index (χ0) is 24.1. The summed E-state index contributed by atoms with van der Waals surface area (Å²) in [6, 6.07) is 8.09. The van der Waals surface area contributed by atoms with Crippen LogP contribution in [-0.4, -0.2) is 54.0 Å². The van der Waals surface area contributed by atoms with E-state index in [9.17, 15) is 19.8 Å². The van der Waals surface area contributed by atoms with Crippen molar-refractivity contribution in [2.45, 2.75) is 31.3 Å². The van der Waals surface area contributed by atoms with Crippen LogP contribution in [-0.2, 0) is 22.4 Å². The standard InChI is InChI=1S/C11H12N2O3.C10H14N2O4/c12-9(11(15)16)3-6-5-13-10-2-1-7(14)4-8(6)10;1-10(12-11,9(15)16)5-6-2-3-7(13)8(14)4-6/h1-2,4-5,9,13-14H,3,12H2,(H,15,16);2-4,12-14H,5,11H2,1H3,(H,15,16)/t;10-/m.0/s1. The molecule has 0 amide bonds. The molecule has 0 aliphatic heterocycles. The number of benzene rings is 2. The van der Waals surface area contributed by atoms with Gasteiger partial charge in [0.1, 0.15) is 17.3 Å². The summed E-state index contributed by atoms with van der Waals surface area (Å²) in [7, 11) is 0. The lowest BCUT2D eigenvalue weighted by atomic mass is 9.93. The number of aromatic hydroxyl groups is 3. The second-order valence-electron chi connectivity index (χ2n) is 7.47. The predicted octanol–water partition coefficient (Wildman–Crippen LogP) is 0.775. The van der Waals surface area contributed by atoms with Crippen LogP contribution in [0.5, 0.6) is 17.2 Å². The van der Waals surface area contributed by atoms with Gasteiger partial charge in [-0.3, -0.25) is 15.4 Å². The minimum Gasteiger partial charge on any atom is -0.508 e. The number of aromatic nitrogens is 1. The number of fused-ring (bicyclic) bond motifs is 1. The topological polar surface area (TPSA) is 215 Å². The molecular formula is C21H26N4O7. The third kappa shape index (κ3) is 5.88. The maximum Gasteiger partial charge on any atom is 0.325 e. The number of nitrogens with one attached hydrogen (secondary N) is 2. The van der Waals surface area contributed by atoms with Crippen LogP contribution in [0.1, 0.15) is 18.1 Å². The molecule has 0 radical (unpaired) electrons. The smallest absolute Gasteiger partial charge is 0.325 e. The summed E-state index contributed by atoms with van der Waals surface area (Å²) in [4.78, 5) is 24.6. The molecule has 172 valence electrons. The quantitative estimate of drug-likeness (QED) is 0.141. The molecule has 32 heavy (non-hydrogen) atoms. The molecule has 2 aromatic carbocycles. The lowest BCUT2D eigenvalue weighted by molar-refractivity contribution is -0.144. The molecule has 11 heteroatoms. The van der Waals surface area contributed by atoms with E-state index >= 15 is 0 Å². The molecule has 0 spiro atoms. The monoisotopic (exact) mass is 446 g/mol. The number of phenolic OH excluding ortho intramolecular Hbond substituents is 3. The summed E-state index contributed by atoms with van der Waals surface area (Å²) >= 11 is 0. The summed E-state index contributed by atoms with van der Waals surface area (Å²) in [5.41, 5.74) is 8.56. The van der Waals surface area contributed by atoms with Crippen LogP contribution in [0.15, 0.2) is 42.6 Å². The normalized spacial score (nSPS) is 13.6. The molecule has 2 atom stereocenters. The van der Waals surface area contributed by atoms with Gasteiger partial charge in [0.15, 0.2) is 11.5 Å². The van der Waals surface area contributed by atoms with Crippen molar-refractivity contribution in [3.05, 3.63) is 53.7 Å². The highest BCUT2D eigenvalue weighted by Crippen LogP contribution is 2.27. The number of phenols is 3. The molecular weight excluding hydrogens is 420 g/mol. The largest absolute Gasteiger partial charge is 0.508 e. The van der Waals surface area contributed by atoms with Crippen LogP contribution in [0.4, 0.5) is 0 Å². The number of hydrogen-bond donors (Lipinski definition) is 9. The molecule has 1 unspecified atom stereocenters. The number of rotatable bonds is 7. The van der Waals surface area contributed by atoms with Crippen LogP contribution in [0.2, 0.25) is 0 Å². The first-order valence-corrected chi connectivity index (χ1v) is 9.46. The third-order valence-electron chi connectivity index (χ3n) is 4.90. The van der Waals surface area contributed by atoms with Crippen molar-refractivity contribution < 1.29 is 35.1 Å². The van der Waals surface area contributed by atoms with Gasteiger partial charge < -0.3 is 36.3 Å². The fraction of sp³-hybridized carbons (Fsp3) is 0.238. The molecule has 0 fully saturated rings. The van der Waals surface area contributed by atoms with Crippen molar-refractivity contribution in [3.63, 3.8) is 0 Å². The first kappa shape index (κ1) is 24.5. The Balaban J connectivity index is 0.000000227. The Morgan fingerprint density at radius 3 is 2.34 bits per heavy atom. The number of carbonyl (C=O) groups is 2. The van der Waals surface area contributed by atoms with Crippen molar-refractivity contribution in [2.24, 2.45) is 11.6 Å². The average molecular weight is 446 g/mol. The van der Waals surface area contributed by atoms with E-state index in [1.54, 1.807) is 24.4 Å². The number of hydrazine groups is 1. The van der Waals surface area contributed by atoms with Crippen molar-refractivity contribution >= 4 is 22.8 Å². The first-order chi connectivity index (χ1) is 15.0. The summed E-state index contributed by atoms with van der Waals surface area (Å²) in [6.45, 7) is 1.43. The van der Waals surface area contributed by atoms with Gasteiger partial charge in [0.05, 0.1) is 0 Å². The maximum absolute atomic E-state index is 11.0. The van der Waals surface area contributed by atoms with Crippen molar-refractivity contribution in [1.82, 2.24) is 10.4 Å². The summed E-state index contributed by atoms with van der Waals surface area (Å²) in [5.74, 6) is 2.67. The first-order valence-electron chi connectivity index (χ1n) is 9.46. The van der Waals surface area contributed by atoms with Crippen LogP contribution in [0.25, 0.3) is 10.9 Å². The Labute approximate surface area is 182 Å². The number of hydrogen-bond acceptors (Lipinski definition) is 8. The van der Waals surface area contributed by atoms with Crippen LogP contribution < -0.4 is 17.0 Å². The molecule has 11 nitrogen and oxygen atoms in total. The highest BCUT2D eigenvalue weighted by atomic mass is 16.4. The van der Waals surface area contributed by atoms with Gasteiger partial charge in [0, 0.05) is 29.9 Å². The van der Waals surface area contributed by atoms with E-state index in [0.717, 1.165) is 16.5 Å². The van der Waals surface area contributed by atoms with Gasteiger partial charge in [-0.05, 0) is 48.4 Å². The minimum atomic E-state index is -1.32. The zero-order valence-corrected chi connectivity index (χ0v) is 17.2. The van der Waals surface area contributed by atoms with E-state index in [2.05, 4.69) is 10.4 Å². The average Bonchev–Trinajstić information content (AvgIpc) is 3.12. The SMILES string of the molecule is C[C@@](Cc1ccc(O)c(O)c1)(NN)C(=O)O.NC(Cc1c[nH]c2ccc(O)cc12)C(=O)O. The van der Waals surface area contributed by atoms with Gasteiger partial charge in [-0.25, -0.2) is 5.43 Å². The summed E-state index contributed by atoms with van der Waals surface area (Å²) in [6.07, 6.45) is 2.04. The lowest BCUT2D eigenvalue weighted by Gasteiger charge is -2.23. The van der Waals surface area contributed by atoms with Crippen molar-refractivity contribution in [2.75, 3.05) is 0 Å². The van der Waals surface area contributed by atoms with E-state index in [4.69, 9.17) is 26.9 Å². The highest BCUT2D eigenvalue weighted by molar-refractivity contribution is 5.85. The fourth-order valence-electron chi connectivity index (χ4n) is 2.94. The molecule has 0 saturated carbocycles. The molecule has 3 rings (SSSR count). The van der Waals surface area contributed by atoms with Gasteiger partial charge in [-0.15, -0.1) is 0 Å². The Hall–Kier alpha value is -3.80.